The predicted molar refractivity (Wildman–Crippen MR) is 54.9 cm³/mol. The summed E-state index contributed by atoms with van der Waals surface area (Å²) in [6, 6.07) is 0. The first-order valence-electron chi connectivity index (χ1n) is 4.65. The number of Topliss-reactive ketones (excluding diaryl/α,β-unsaturated/α-hetero) is 2. The Morgan fingerprint density at radius 1 is 1.00 bits per heavy atom. The maximum absolute atomic E-state index is 10.4. The van der Waals surface area contributed by atoms with Crippen LogP contribution in [0.5, 0.6) is 0 Å². The largest absolute Gasteiger partial charge is 0.481 e. The van der Waals surface area contributed by atoms with Crippen LogP contribution in [0.2, 0.25) is 0 Å². The Morgan fingerprint density at radius 2 is 1.44 bits per heavy atom. The fourth-order valence-electron chi connectivity index (χ4n) is 0.628. The minimum absolute atomic E-state index is 0.103. The fourth-order valence-corrected chi connectivity index (χ4v) is 0.628. The van der Waals surface area contributed by atoms with E-state index in [0.29, 0.717) is 6.61 Å². The third-order valence-corrected chi connectivity index (χ3v) is 1.10. The van der Waals surface area contributed by atoms with Crippen molar-refractivity contribution >= 4 is 23.5 Å². The van der Waals surface area contributed by atoms with Gasteiger partial charge in [-0.05, 0) is 20.8 Å². The molecule has 0 aliphatic heterocycles. The highest BCUT2D eigenvalue weighted by Crippen LogP contribution is 1.86. The van der Waals surface area contributed by atoms with Crippen LogP contribution in [0, 0.1) is 0 Å². The standard InChI is InChI=1S/C6H10O3.C4H6O3/c1-3-9-6(8)4-5(2)7;1-3(5)2-4(6)7/h3-4H2,1-2H3;2H2,1H3,(H,6,7)/i2+1,5+1;1+1,2+1. The molecule has 0 aromatic rings. The van der Waals surface area contributed by atoms with Crippen LogP contribution in [0.25, 0.3) is 0 Å². The van der Waals surface area contributed by atoms with Gasteiger partial charge in [0.2, 0.25) is 0 Å². The van der Waals surface area contributed by atoms with Gasteiger partial charge in [-0.25, -0.2) is 0 Å². The van der Waals surface area contributed by atoms with Crippen LogP contribution in [-0.2, 0) is 23.9 Å². The van der Waals surface area contributed by atoms with Crippen LogP contribution >= 0.6 is 0 Å². The number of ketones is 2. The van der Waals surface area contributed by atoms with Crippen LogP contribution in [0.1, 0.15) is 33.6 Å². The molecule has 0 atom stereocenters. The zero-order valence-electron chi connectivity index (χ0n) is 9.61. The number of carboxylic acids is 1. The van der Waals surface area contributed by atoms with E-state index in [-0.39, 0.29) is 24.4 Å². The zero-order chi connectivity index (χ0) is 13.1. The maximum atomic E-state index is 10.4. The lowest BCUT2D eigenvalue weighted by molar-refractivity contribution is -0.145. The second-order valence-electron chi connectivity index (χ2n) is 2.96. The Kier molecular flexibility index (Phi) is 10.3. The number of carbonyl (C=O) groups excluding carboxylic acids is 3. The van der Waals surface area contributed by atoms with E-state index in [2.05, 4.69) is 4.74 Å². The quantitative estimate of drug-likeness (QED) is 0.426. The van der Waals surface area contributed by atoms with Gasteiger partial charge in [-0.15, -0.1) is 0 Å². The molecule has 92 valence electrons. The average Bonchev–Trinajstić information content (AvgIpc) is 2.00. The highest BCUT2D eigenvalue weighted by molar-refractivity contribution is 5.94. The maximum Gasteiger partial charge on any atom is 0.313 e. The number of carbonyl (C=O) groups is 4. The Hall–Kier alpha value is -1.72. The second-order valence-corrected chi connectivity index (χ2v) is 2.96. The molecule has 0 aliphatic carbocycles. The molecule has 0 saturated heterocycles. The number of rotatable bonds is 5. The summed E-state index contributed by atoms with van der Waals surface area (Å²) in [6.07, 6.45) is -0.464. The molecular formula is C10H16O6. The van der Waals surface area contributed by atoms with Gasteiger partial charge < -0.3 is 9.84 Å². The summed E-state index contributed by atoms with van der Waals surface area (Å²) in [7, 11) is 0. The number of hydrogen-bond donors (Lipinski definition) is 1. The van der Waals surface area contributed by atoms with E-state index in [1.165, 1.54) is 13.8 Å². The Balaban J connectivity index is 0. The highest BCUT2D eigenvalue weighted by atomic mass is 16.5. The molecule has 0 radical (unpaired) electrons. The Morgan fingerprint density at radius 3 is 1.62 bits per heavy atom. The van der Waals surface area contributed by atoms with Gasteiger partial charge in [-0.1, -0.05) is 0 Å². The molecule has 0 bridgehead atoms. The number of aliphatic carboxylic acids is 1. The second kappa shape index (κ2) is 9.82. The molecule has 0 rings (SSSR count). The van der Waals surface area contributed by atoms with Crippen LogP contribution in [0.3, 0.4) is 0 Å². The van der Waals surface area contributed by atoms with Crippen molar-refractivity contribution in [2.75, 3.05) is 6.61 Å². The zero-order valence-corrected chi connectivity index (χ0v) is 9.61. The molecule has 0 spiro atoms. The highest BCUT2D eigenvalue weighted by Gasteiger charge is 2.03. The Labute approximate surface area is 93.6 Å². The molecular weight excluding hydrogens is 220 g/mol. The fraction of sp³-hybridized carbons (Fsp3) is 0.600. The lowest BCUT2D eigenvalue weighted by Gasteiger charge is -1.96. The minimum Gasteiger partial charge on any atom is -0.481 e. The van der Waals surface area contributed by atoms with E-state index in [9.17, 15) is 19.2 Å². The van der Waals surface area contributed by atoms with Gasteiger partial charge in [0.05, 0.1) is 6.61 Å². The first-order chi connectivity index (χ1) is 7.29. The number of hydrogen-bond acceptors (Lipinski definition) is 5. The molecule has 0 heterocycles. The molecule has 0 unspecified atom stereocenters. The molecule has 0 aromatic heterocycles. The average molecular weight is 236 g/mol. The summed E-state index contributed by atoms with van der Waals surface area (Å²) in [5, 5.41) is 7.86. The summed E-state index contributed by atoms with van der Waals surface area (Å²) in [5.74, 6) is -1.97. The number of ether oxygens (including phenoxy) is 1. The van der Waals surface area contributed by atoms with Gasteiger partial charge in [-0.2, -0.15) is 0 Å². The lowest BCUT2D eigenvalue weighted by Crippen LogP contribution is -2.07. The van der Waals surface area contributed by atoms with Crippen molar-refractivity contribution in [1.29, 1.82) is 0 Å². The van der Waals surface area contributed by atoms with E-state index >= 15 is 0 Å². The van der Waals surface area contributed by atoms with Crippen molar-refractivity contribution in [3.8, 4) is 0 Å². The summed E-state index contributed by atoms with van der Waals surface area (Å²) in [5.41, 5.74) is 0. The molecule has 0 saturated carbocycles. The van der Waals surface area contributed by atoms with Gasteiger partial charge in [0.15, 0.2) is 0 Å². The van der Waals surface area contributed by atoms with Crippen molar-refractivity contribution in [2.45, 2.75) is 33.6 Å². The number of esters is 1. The van der Waals surface area contributed by atoms with Crippen molar-refractivity contribution in [2.24, 2.45) is 0 Å². The van der Waals surface area contributed by atoms with Crippen molar-refractivity contribution in [1.82, 2.24) is 0 Å². The van der Waals surface area contributed by atoms with Crippen LogP contribution in [0.15, 0.2) is 0 Å². The SMILES string of the molecule is CCOC(=O)C[13C]([13CH3])=O.[13CH3]C(=O)[13CH2]C(=O)O. The molecule has 0 amide bonds. The molecule has 6 heteroatoms. The molecule has 1 N–H and O–H groups in total. The third kappa shape index (κ3) is 18.1. The van der Waals surface area contributed by atoms with Gasteiger partial charge in [0.1, 0.15) is 24.4 Å². The topological polar surface area (TPSA) is 97.7 Å². The molecule has 6 nitrogen and oxygen atoms in total. The van der Waals surface area contributed by atoms with E-state index < -0.39 is 11.9 Å². The van der Waals surface area contributed by atoms with Crippen molar-refractivity contribution in [3.63, 3.8) is 0 Å². The monoisotopic (exact) mass is 236 g/mol. The van der Waals surface area contributed by atoms with E-state index in [1.54, 1.807) is 6.92 Å². The third-order valence-electron chi connectivity index (χ3n) is 1.10. The van der Waals surface area contributed by atoms with Crippen LogP contribution in [-0.4, -0.2) is 35.2 Å². The lowest BCUT2D eigenvalue weighted by atomic mass is 10.6. The predicted octanol–water partition coefficient (Wildman–Crippen LogP) is 0.579. The van der Waals surface area contributed by atoms with Crippen LogP contribution < -0.4 is 0 Å². The van der Waals surface area contributed by atoms with E-state index in [1.807, 2.05) is 0 Å². The first-order valence-corrected chi connectivity index (χ1v) is 4.65. The van der Waals surface area contributed by atoms with Crippen molar-refractivity contribution < 1.29 is 29.0 Å². The normalized spacial score (nSPS) is 8.44. The minimum atomic E-state index is -1.06. The van der Waals surface area contributed by atoms with Crippen molar-refractivity contribution in [3.05, 3.63) is 0 Å². The first kappa shape index (κ1) is 16.7. The van der Waals surface area contributed by atoms with E-state index in [4.69, 9.17) is 5.11 Å². The van der Waals surface area contributed by atoms with Gasteiger partial charge in [0.25, 0.3) is 0 Å². The summed E-state index contributed by atoms with van der Waals surface area (Å²) < 4.78 is 4.49. The summed E-state index contributed by atoms with van der Waals surface area (Å²) in [6.45, 7) is 4.65. The van der Waals surface area contributed by atoms with Gasteiger partial charge in [-0.3, -0.25) is 19.2 Å². The number of carboxylic acid groups (broad SMARTS) is 1. The molecule has 0 aliphatic rings. The van der Waals surface area contributed by atoms with E-state index in [0.717, 1.165) is 0 Å². The summed E-state index contributed by atoms with van der Waals surface area (Å²) in [4.78, 5) is 40.1. The molecule has 0 fully saturated rings. The summed E-state index contributed by atoms with van der Waals surface area (Å²) >= 11 is 0. The molecule has 0 aromatic carbocycles. The van der Waals surface area contributed by atoms with Gasteiger partial charge in [0, 0.05) is 0 Å². The smallest absolute Gasteiger partial charge is 0.313 e. The molecule has 16 heavy (non-hydrogen) atoms. The van der Waals surface area contributed by atoms with Gasteiger partial charge >= 0.3 is 11.9 Å². The Bertz CT molecular complexity index is 256. The van der Waals surface area contributed by atoms with Crippen LogP contribution in [0.4, 0.5) is 0 Å².